The number of hydrogen-bond donors (Lipinski definition) is 1. The molecule has 0 bridgehead atoms. The first-order chi connectivity index (χ1) is 11.8. The van der Waals surface area contributed by atoms with E-state index in [1.54, 1.807) is 6.07 Å². The number of hydrogen-bond acceptors (Lipinski definition) is 6. The second-order valence-corrected chi connectivity index (χ2v) is 8.54. The number of rotatable bonds is 8. The smallest absolute Gasteiger partial charge is 0.244 e. The molecule has 0 radical (unpaired) electrons. The van der Waals surface area contributed by atoms with Crippen molar-refractivity contribution >= 4 is 21.8 Å². The maximum absolute atomic E-state index is 12.8. The second kappa shape index (κ2) is 8.61. The van der Waals surface area contributed by atoms with Gasteiger partial charge in [0.05, 0.1) is 11.1 Å². The minimum atomic E-state index is -3.50. The molecule has 1 heterocycles. The molecule has 0 amide bonds. The molecular weight excluding hydrogens is 367 g/mol. The Morgan fingerprint density at radius 2 is 1.92 bits per heavy atom. The van der Waals surface area contributed by atoms with Gasteiger partial charge in [-0.25, -0.2) is 22.1 Å². The Kier molecular flexibility index (Phi) is 6.77. The van der Waals surface area contributed by atoms with Crippen molar-refractivity contribution in [3.8, 4) is 5.75 Å². The highest BCUT2D eigenvalue weighted by Crippen LogP contribution is 2.20. The average Bonchev–Trinajstić information content (AvgIpc) is 2.59. The van der Waals surface area contributed by atoms with Crippen LogP contribution in [0, 0.1) is 5.82 Å². The summed E-state index contributed by atoms with van der Waals surface area (Å²) < 4.78 is 43.2. The van der Waals surface area contributed by atoms with Gasteiger partial charge < -0.3 is 9.84 Å². The zero-order valence-electron chi connectivity index (χ0n) is 13.8. The molecular formula is C16H19FN2O4S2. The number of aliphatic hydroxyl groups is 1. The Balaban J connectivity index is 1.83. The zero-order chi connectivity index (χ0) is 18.4. The first kappa shape index (κ1) is 19.6. The molecule has 0 saturated carbocycles. The fourth-order valence-corrected chi connectivity index (χ4v) is 3.37. The van der Waals surface area contributed by atoms with E-state index < -0.39 is 16.1 Å². The van der Waals surface area contributed by atoms with Crippen molar-refractivity contribution in [1.82, 2.24) is 9.29 Å². The molecule has 1 aromatic heterocycles. The lowest BCUT2D eigenvalue weighted by molar-refractivity contribution is 0.126. The van der Waals surface area contributed by atoms with Crippen LogP contribution in [0.2, 0.25) is 0 Å². The highest BCUT2D eigenvalue weighted by Gasteiger charge is 2.17. The first-order valence-electron chi connectivity index (χ1n) is 7.37. The van der Waals surface area contributed by atoms with Gasteiger partial charge in [-0.2, -0.15) is 0 Å². The Hall–Kier alpha value is -1.68. The molecule has 0 saturated heterocycles. The lowest BCUT2D eigenvalue weighted by Crippen LogP contribution is -2.22. The fourth-order valence-electron chi connectivity index (χ4n) is 1.77. The van der Waals surface area contributed by atoms with Crippen LogP contribution in [0.15, 0.2) is 52.5 Å². The second-order valence-electron chi connectivity index (χ2n) is 5.35. The van der Waals surface area contributed by atoms with E-state index >= 15 is 0 Å². The molecule has 6 nitrogen and oxygen atoms in total. The molecule has 0 aliphatic heterocycles. The third-order valence-electron chi connectivity index (χ3n) is 3.17. The van der Waals surface area contributed by atoms with Crippen LogP contribution in [0.1, 0.15) is 0 Å². The number of halogens is 1. The molecule has 2 rings (SSSR count). The number of ether oxygens (including phenoxy) is 1. The maximum Gasteiger partial charge on any atom is 0.244 e. The molecule has 1 atom stereocenters. The minimum Gasteiger partial charge on any atom is -0.491 e. The van der Waals surface area contributed by atoms with Crippen LogP contribution in [-0.4, -0.2) is 55.4 Å². The number of aromatic nitrogens is 1. The van der Waals surface area contributed by atoms with E-state index in [1.807, 2.05) is 0 Å². The summed E-state index contributed by atoms with van der Waals surface area (Å²) in [6, 6.07) is 8.61. The van der Waals surface area contributed by atoms with Crippen molar-refractivity contribution in [2.75, 3.05) is 26.5 Å². The van der Waals surface area contributed by atoms with Crippen LogP contribution in [0.25, 0.3) is 0 Å². The van der Waals surface area contributed by atoms with E-state index in [-0.39, 0.29) is 17.3 Å². The summed E-state index contributed by atoms with van der Waals surface area (Å²) in [7, 11) is -0.594. The summed E-state index contributed by atoms with van der Waals surface area (Å²) in [6.45, 7) is 0.0612. The van der Waals surface area contributed by atoms with Crippen LogP contribution in [0.3, 0.4) is 0 Å². The van der Waals surface area contributed by atoms with Gasteiger partial charge in [0.1, 0.15) is 23.1 Å². The van der Waals surface area contributed by atoms with Crippen LogP contribution >= 0.6 is 11.8 Å². The number of benzene rings is 1. The number of pyridine rings is 1. The third-order valence-corrected chi connectivity index (χ3v) is 6.05. The maximum atomic E-state index is 12.8. The monoisotopic (exact) mass is 386 g/mol. The molecule has 9 heteroatoms. The van der Waals surface area contributed by atoms with E-state index in [1.165, 1.54) is 62.4 Å². The lowest BCUT2D eigenvalue weighted by atomic mass is 10.3. The van der Waals surface area contributed by atoms with Gasteiger partial charge in [-0.05, 0) is 36.4 Å². The number of sulfonamides is 1. The zero-order valence-corrected chi connectivity index (χ0v) is 15.4. The van der Waals surface area contributed by atoms with E-state index in [0.29, 0.717) is 16.5 Å². The minimum absolute atomic E-state index is 0.0612. The van der Waals surface area contributed by atoms with Crippen LogP contribution in [-0.2, 0) is 10.0 Å². The van der Waals surface area contributed by atoms with Gasteiger partial charge in [0.2, 0.25) is 10.0 Å². The third kappa shape index (κ3) is 5.67. The Morgan fingerprint density at radius 1 is 1.24 bits per heavy atom. The molecule has 0 aliphatic carbocycles. The summed E-state index contributed by atoms with van der Waals surface area (Å²) in [6.07, 6.45) is 0.543. The molecule has 0 fully saturated rings. The van der Waals surface area contributed by atoms with Crippen molar-refractivity contribution in [2.24, 2.45) is 0 Å². The van der Waals surface area contributed by atoms with Gasteiger partial charge in [0.25, 0.3) is 0 Å². The van der Waals surface area contributed by atoms with Gasteiger partial charge in [-0.15, -0.1) is 11.8 Å². The van der Waals surface area contributed by atoms with Gasteiger partial charge >= 0.3 is 0 Å². The van der Waals surface area contributed by atoms with Crippen LogP contribution in [0.4, 0.5) is 4.39 Å². The molecule has 0 spiro atoms. The van der Waals surface area contributed by atoms with Gasteiger partial charge in [-0.3, -0.25) is 0 Å². The molecule has 1 aromatic carbocycles. The molecule has 2 aromatic rings. The van der Waals surface area contributed by atoms with E-state index in [2.05, 4.69) is 4.98 Å². The van der Waals surface area contributed by atoms with Crippen molar-refractivity contribution in [2.45, 2.75) is 16.0 Å². The SMILES string of the molecule is CN(C)S(=O)(=O)c1ccc(SC[C@H](O)COc2ccc(F)cc2)nc1. The van der Waals surface area contributed by atoms with E-state index in [9.17, 15) is 17.9 Å². The summed E-state index contributed by atoms with van der Waals surface area (Å²) in [5.41, 5.74) is 0. The molecule has 0 unspecified atom stereocenters. The van der Waals surface area contributed by atoms with Crippen molar-refractivity contribution in [1.29, 1.82) is 0 Å². The highest BCUT2D eigenvalue weighted by atomic mass is 32.2. The first-order valence-corrected chi connectivity index (χ1v) is 9.79. The predicted molar refractivity (Wildman–Crippen MR) is 93.7 cm³/mol. The predicted octanol–water partition coefficient (Wildman–Crippen LogP) is 2.00. The molecule has 1 N–H and O–H groups in total. The summed E-state index contributed by atoms with van der Waals surface area (Å²) in [5.74, 6) is 0.449. The standard InChI is InChI=1S/C16H19FN2O4S2/c1-19(2)25(21,22)15-7-8-16(18-9-15)24-11-13(20)10-23-14-5-3-12(17)4-6-14/h3-9,13,20H,10-11H2,1-2H3/t13-/m1/s1. The Bertz CT molecular complexity index is 781. The van der Waals surface area contributed by atoms with Crippen LogP contribution < -0.4 is 4.74 Å². The largest absolute Gasteiger partial charge is 0.491 e. The fraction of sp³-hybridized carbons (Fsp3) is 0.312. The summed E-state index contributed by atoms with van der Waals surface area (Å²) in [5, 5.41) is 10.5. The van der Waals surface area contributed by atoms with Crippen LogP contribution in [0.5, 0.6) is 5.75 Å². The van der Waals surface area contributed by atoms with Gasteiger partial charge in [0, 0.05) is 26.0 Å². The van der Waals surface area contributed by atoms with Gasteiger partial charge in [0.15, 0.2) is 0 Å². The van der Waals surface area contributed by atoms with Crippen molar-refractivity contribution < 1.29 is 22.7 Å². The number of thioether (sulfide) groups is 1. The molecule has 0 aliphatic rings. The van der Waals surface area contributed by atoms with Crippen molar-refractivity contribution in [3.63, 3.8) is 0 Å². The normalized spacial score (nSPS) is 13.0. The summed E-state index contributed by atoms with van der Waals surface area (Å²) in [4.78, 5) is 4.20. The van der Waals surface area contributed by atoms with Crippen molar-refractivity contribution in [3.05, 3.63) is 48.4 Å². The average molecular weight is 386 g/mol. The number of nitrogens with zero attached hydrogens (tertiary/aromatic N) is 2. The topological polar surface area (TPSA) is 79.7 Å². The lowest BCUT2D eigenvalue weighted by Gasteiger charge is -2.13. The Morgan fingerprint density at radius 3 is 2.48 bits per heavy atom. The summed E-state index contributed by atoms with van der Waals surface area (Å²) >= 11 is 1.28. The Labute approximate surface area is 150 Å². The molecule has 136 valence electrons. The quantitative estimate of drug-likeness (QED) is 0.699. The highest BCUT2D eigenvalue weighted by molar-refractivity contribution is 7.99. The van der Waals surface area contributed by atoms with E-state index in [4.69, 9.17) is 4.74 Å². The number of aliphatic hydroxyl groups excluding tert-OH is 1. The van der Waals surface area contributed by atoms with Gasteiger partial charge in [-0.1, -0.05) is 0 Å². The molecule has 25 heavy (non-hydrogen) atoms. The van der Waals surface area contributed by atoms with E-state index in [0.717, 1.165) is 4.31 Å².